The van der Waals surface area contributed by atoms with Crippen molar-refractivity contribution < 1.29 is 4.74 Å². The average molecular weight is 307 g/mol. The van der Waals surface area contributed by atoms with Gasteiger partial charge in [-0.25, -0.2) is 9.97 Å². The SMILES string of the molecule is CCCNc1nc(C(OCC)C(C)C)nc2sc(C)cc12. The molecule has 2 aromatic heterocycles. The van der Waals surface area contributed by atoms with Crippen molar-refractivity contribution in [1.29, 1.82) is 0 Å². The van der Waals surface area contributed by atoms with Gasteiger partial charge in [0.2, 0.25) is 0 Å². The first-order valence-corrected chi connectivity index (χ1v) is 8.52. The number of hydrogen-bond acceptors (Lipinski definition) is 5. The molecular weight excluding hydrogens is 282 g/mol. The Morgan fingerprint density at radius 1 is 1.29 bits per heavy atom. The van der Waals surface area contributed by atoms with Crippen molar-refractivity contribution in [2.75, 3.05) is 18.5 Å². The van der Waals surface area contributed by atoms with Crippen LogP contribution < -0.4 is 5.32 Å². The molecule has 0 saturated heterocycles. The minimum absolute atomic E-state index is 0.0519. The van der Waals surface area contributed by atoms with Crippen LogP contribution in [0.15, 0.2) is 6.07 Å². The molecule has 1 unspecified atom stereocenters. The van der Waals surface area contributed by atoms with Gasteiger partial charge in [-0.1, -0.05) is 20.8 Å². The molecule has 0 spiro atoms. The molecule has 0 aliphatic heterocycles. The second-order valence-corrected chi connectivity index (χ2v) is 6.79. The summed E-state index contributed by atoms with van der Waals surface area (Å²) in [5.41, 5.74) is 0. The maximum Gasteiger partial charge on any atom is 0.161 e. The smallest absolute Gasteiger partial charge is 0.161 e. The highest BCUT2D eigenvalue weighted by molar-refractivity contribution is 7.18. The van der Waals surface area contributed by atoms with E-state index in [-0.39, 0.29) is 6.10 Å². The number of ether oxygens (including phenoxy) is 1. The molecule has 0 bridgehead atoms. The van der Waals surface area contributed by atoms with Crippen molar-refractivity contribution in [2.45, 2.75) is 47.1 Å². The van der Waals surface area contributed by atoms with Crippen molar-refractivity contribution in [3.8, 4) is 0 Å². The van der Waals surface area contributed by atoms with Gasteiger partial charge in [0.15, 0.2) is 5.82 Å². The summed E-state index contributed by atoms with van der Waals surface area (Å²) < 4.78 is 5.86. The van der Waals surface area contributed by atoms with E-state index in [1.54, 1.807) is 11.3 Å². The highest BCUT2D eigenvalue weighted by atomic mass is 32.1. The van der Waals surface area contributed by atoms with Crippen LogP contribution >= 0.6 is 11.3 Å². The van der Waals surface area contributed by atoms with Gasteiger partial charge in [0, 0.05) is 18.0 Å². The molecule has 0 aliphatic carbocycles. The third-order valence-corrected chi connectivity index (χ3v) is 4.23. The summed E-state index contributed by atoms with van der Waals surface area (Å²) in [7, 11) is 0. The maximum atomic E-state index is 5.86. The number of aryl methyl sites for hydroxylation is 1. The van der Waals surface area contributed by atoms with Crippen LogP contribution in [0.4, 0.5) is 5.82 Å². The lowest BCUT2D eigenvalue weighted by Crippen LogP contribution is -2.16. The zero-order valence-corrected chi connectivity index (χ0v) is 14.4. The molecule has 2 heterocycles. The summed E-state index contributed by atoms with van der Waals surface area (Å²) in [6.45, 7) is 12.2. The Morgan fingerprint density at radius 3 is 2.67 bits per heavy atom. The number of fused-ring (bicyclic) bond motifs is 1. The van der Waals surface area contributed by atoms with Gasteiger partial charge in [0.05, 0.1) is 5.39 Å². The molecule has 1 atom stereocenters. The normalized spacial score (nSPS) is 13.0. The van der Waals surface area contributed by atoms with Crippen molar-refractivity contribution in [1.82, 2.24) is 9.97 Å². The second-order valence-electron chi connectivity index (χ2n) is 5.55. The van der Waals surface area contributed by atoms with Crippen LogP contribution in [0.2, 0.25) is 0 Å². The van der Waals surface area contributed by atoms with E-state index in [1.807, 2.05) is 6.92 Å². The Labute approximate surface area is 131 Å². The number of nitrogens with zero attached hydrogens (tertiary/aromatic N) is 2. The first kappa shape index (κ1) is 16.2. The topological polar surface area (TPSA) is 47.0 Å². The average Bonchev–Trinajstić information content (AvgIpc) is 2.81. The number of rotatable bonds is 7. The van der Waals surface area contributed by atoms with E-state index in [0.29, 0.717) is 12.5 Å². The number of nitrogens with one attached hydrogen (secondary N) is 1. The molecule has 2 aromatic rings. The van der Waals surface area contributed by atoms with E-state index in [0.717, 1.165) is 34.8 Å². The summed E-state index contributed by atoms with van der Waals surface area (Å²) in [5.74, 6) is 2.08. The van der Waals surface area contributed by atoms with Gasteiger partial charge in [-0.3, -0.25) is 0 Å². The lowest BCUT2D eigenvalue weighted by atomic mass is 10.1. The van der Waals surface area contributed by atoms with Gasteiger partial charge in [-0.05, 0) is 32.3 Å². The lowest BCUT2D eigenvalue weighted by Gasteiger charge is -2.20. The molecule has 2 rings (SSSR count). The Bertz CT molecular complexity index is 594. The van der Waals surface area contributed by atoms with Gasteiger partial charge in [0.25, 0.3) is 0 Å². The zero-order chi connectivity index (χ0) is 15.4. The second kappa shape index (κ2) is 7.18. The first-order valence-electron chi connectivity index (χ1n) is 7.70. The van der Waals surface area contributed by atoms with Crippen molar-refractivity contribution in [2.24, 2.45) is 5.92 Å². The highest BCUT2D eigenvalue weighted by Crippen LogP contribution is 2.32. The highest BCUT2D eigenvalue weighted by Gasteiger charge is 2.21. The zero-order valence-electron chi connectivity index (χ0n) is 13.6. The van der Waals surface area contributed by atoms with E-state index >= 15 is 0 Å². The van der Waals surface area contributed by atoms with Crippen molar-refractivity contribution in [3.05, 3.63) is 16.8 Å². The molecule has 21 heavy (non-hydrogen) atoms. The van der Waals surface area contributed by atoms with Crippen LogP contribution in [-0.4, -0.2) is 23.1 Å². The number of hydrogen-bond donors (Lipinski definition) is 1. The van der Waals surface area contributed by atoms with E-state index in [9.17, 15) is 0 Å². The predicted molar refractivity (Wildman–Crippen MR) is 90.1 cm³/mol. The van der Waals surface area contributed by atoms with Crippen molar-refractivity contribution >= 4 is 27.4 Å². The minimum atomic E-state index is -0.0519. The molecule has 4 nitrogen and oxygen atoms in total. The first-order chi connectivity index (χ1) is 10.1. The Hall–Kier alpha value is -1.20. The van der Waals surface area contributed by atoms with Gasteiger partial charge in [0.1, 0.15) is 16.8 Å². The Morgan fingerprint density at radius 2 is 2.05 bits per heavy atom. The Balaban J connectivity index is 2.48. The summed E-state index contributed by atoms with van der Waals surface area (Å²) in [4.78, 5) is 11.8. The summed E-state index contributed by atoms with van der Waals surface area (Å²) in [6, 6.07) is 2.16. The molecule has 0 amide bonds. The summed E-state index contributed by atoms with van der Waals surface area (Å²) in [6.07, 6.45) is 1.02. The molecule has 0 aromatic carbocycles. The molecule has 0 aliphatic rings. The number of thiophene rings is 1. The van der Waals surface area contributed by atoms with Gasteiger partial charge < -0.3 is 10.1 Å². The van der Waals surface area contributed by atoms with E-state index in [4.69, 9.17) is 14.7 Å². The standard InChI is InChI=1S/C16H25N3OS/c1-6-8-17-14-12-9-11(5)21-16(12)19-15(18-14)13(10(3)4)20-7-2/h9-10,13H,6-8H2,1-5H3,(H,17,18,19). The van der Waals surface area contributed by atoms with Crippen LogP contribution in [0.5, 0.6) is 0 Å². The molecule has 0 fully saturated rings. The van der Waals surface area contributed by atoms with Crippen LogP contribution in [-0.2, 0) is 4.74 Å². The fourth-order valence-electron chi connectivity index (χ4n) is 2.31. The number of aromatic nitrogens is 2. The van der Waals surface area contributed by atoms with Gasteiger partial charge >= 0.3 is 0 Å². The quantitative estimate of drug-likeness (QED) is 0.815. The fraction of sp³-hybridized carbons (Fsp3) is 0.625. The fourth-order valence-corrected chi connectivity index (χ4v) is 3.20. The van der Waals surface area contributed by atoms with Crippen LogP contribution in [0.1, 0.15) is 50.9 Å². The molecule has 0 radical (unpaired) electrons. The molecule has 1 N–H and O–H groups in total. The maximum absolute atomic E-state index is 5.86. The monoisotopic (exact) mass is 307 g/mol. The van der Waals surface area contributed by atoms with Crippen LogP contribution in [0, 0.1) is 12.8 Å². The number of anilines is 1. The molecule has 116 valence electrons. The minimum Gasteiger partial charge on any atom is -0.370 e. The van der Waals surface area contributed by atoms with Crippen molar-refractivity contribution in [3.63, 3.8) is 0 Å². The van der Waals surface area contributed by atoms with E-state index < -0.39 is 0 Å². The molecule has 0 saturated carbocycles. The van der Waals surface area contributed by atoms with Gasteiger partial charge in [-0.15, -0.1) is 11.3 Å². The predicted octanol–water partition coefficient (Wildman–Crippen LogP) is 4.56. The summed E-state index contributed by atoms with van der Waals surface area (Å²) >= 11 is 1.71. The largest absolute Gasteiger partial charge is 0.370 e. The van der Waals surface area contributed by atoms with E-state index in [1.165, 1.54) is 4.88 Å². The molecule has 5 heteroatoms. The Kier molecular flexibility index (Phi) is 5.53. The lowest BCUT2D eigenvalue weighted by molar-refractivity contribution is 0.0236. The third kappa shape index (κ3) is 3.71. The van der Waals surface area contributed by atoms with Crippen LogP contribution in [0.3, 0.4) is 0 Å². The van der Waals surface area contributed by atoms with Crippen LogP contribution in [0.25, 0.3) is 10.2 Å². The van der Waals surface area contributed by atoms with E-state index in [2.05, 4.69) is 39.1 Å². The summed E-state index contributed by atoms with van der Waals surface area (Å²) in [5, 5.41) is 4.55. The third-order valence-electron chi connectivity index (χ3n) is 3.28. The van der Waals surface area contributed by atoms with Gasteiger partial charge in [-0.2, -0.15) is 0 Å². The molecular formula is C16H25N3OS.